The molecule has 0 saturated heterocycles. The number of benzene rings is 2. The van der Waals surface area contributed by atoms with Crippen molar-refractivity contribution in [2.75, 3.05) is 6.61 Å². The van der Waals surface area contributed by atoms with Gasteiger partial charge in [0.05, 0.1) is 5.69 Å². The van der Waals surface area contributed by atoms with Crippen molar-refractivity contribution in [2.45, 2.75) is 6.92 Å². The normalized spacial score (nSPS) is 10.6. The van der Waals surface area contributed by atoms with E-state index in [-0.39, 0.29) is 16.3 Å². The highest BCUT2D eigenvalue weighted by atomic mass is 32.1. The van der Waals surface area contributed by atoms with Gasteiger partial charge in [-0.1, -0.05) is 0 Å². The third kappa shape index (κ3) is 4.00. The third-order valence-electron chi connectivity index (χ3n) is 3.57. The highest BCUT2D eigenvalue weighted by Gasteiger charge is 2.19. The van der Waals surface area contributed by atoms with E-state index in [0.717, 1.165) is 23.5 Å². The van der Waals surface area contributed by atoms with Crippen molar-refractivity contribution in [1.29, 1.82) is 0 Å². The fourth-order valence-corrected chi connectivity index (χ4v) is 3.18. The monoisotopic (exact) mass is 373 g/mol. The van der Waals surface area contributed by atoms with E-state index in [9.17, 15) is 18.4 Å². The largest absolute Gasteiger partial charge is 0.453 e. The molecule has 0 spiro atoms. The lowest BCUT2D eigenvalue weighted by molar-refractivity contribution is 0.0478. The predicted octanol–water partition coefficient (Wildman–Crippen LogP) is 4.44. The summed E-state index contributed by atoms with van der Waals surface area (Å²) in [6.45, 7) is 1.20. The van der Waals surface area contributed by atoms with Gasteiger partial charge in [-0.15, -0.1) is 11.3 Å². The maximum Gasteiger partial charge on any atom is 0.350 e. The van der Waals surface area contributed by atoms with Crippen LogP contribution in [0.15, 0.2) is 48.5 Å². The van der Waals surface area contributed by atoms with Crippen molar-refractivity contribution >= 4 is 23.1 Å². The Morgan fingerprint density at radius 3 is 2.19 bits per heavy atom. The first-order valence-electron chi connectivity index (χ1n) is 7.63. The zero-order chi connectivity index (χ0) is 18.7. The summed E-state index contributed by atoms with van der Waals surface area (Å²) in [7, 11) is 0. The first kappa shape index (κ1) is 17.9. The molecule has 0 aliphatic rings. The molecule has 3 rings (SSSR count). The molecular formula is C19H13F2NO3S. The first-order chi connectivity index (χ1) is 12.4. The number of esters is 1. The molecular weight excluding hydrogens is 360 g/mol. The minimum atomic E-state index is -0.663. The number of carbonyl (C=O) groups is 2. The number of hydrogen-bond donors (Lipinski definition) is 0. The van der Waals surface area contributed by atoms with Gasteiger partial charge in [-0.3, -0.25) is 4.79 Å². The highest BCUT2D eigenvalue weighted by molar-refractivity contribution is 7.17. The summed E-state index contributed by atoms with van der Waals surface area (Å²) in [5, 5.41) is 0.555. The number of ether oxygens (including phenoxy) is 1. The highest BCUT2D eigenvalue weighted by Crippen LogP contribution is 2.28. The Balaban J connectivity index is 1.69. The summed E-state index contributed by atoms with van der Waals surface area (Å²) in [5.41, 5.74) is 1.40. The topological polar surface area (TPSA) is 56.3 Å². The summed E-state index contributed by atoms with van der Waals surface area (Å²) >= 11 is 1.11. The molecule has 0 aliphatic heterocycles. The Labute approximate surface area is 152 Å². The number of rotatable bonds is 5. The molecule has 26 heavy (non-hydrogen) atoms. The molecule has 1 aromatic heterocycles. The van der Waals surface area contributed by atoms with Gasteiger partial charge in [-0.2, -0.15) is 0 Å². The van der Waals surface area contributed by atoms with Gasteiger partial charge in [0.2, 0.25) is 0 Å². The summed E-state index contributed by atoms with van der Waals surface area (Å²) in [5.74, 6) is -1.91. The van der Waals surface area contributed by atoms with Crippen LogP contribution in [0.2, 0.25) is 0 Å². The van der Waals surface area contributed by atoms with Gasteiger partial charge in [0.1, 0.15) is 21.5 Å². The lowest BCUT2D eigenvalue weighted by Crippen LogP contribution is -2.14. The fraction of sp³-hybridized carbons (Fsp3) is 0.105. The van der Waals surface area contributed by atoms with E-state index in [2.05, 4.69) is 4.98 Å². The van der Waals surface area contributed by atoms with Crippen LogP contribution in [0.5, 0.6) is 0 Å². The number of aryl methyl sites for hydroxylation is 1. The van der Waals surface area contributed by atoms with Gasteiger partial charge in [-0.05, 0) is 55.5 Å². The molecule has 1 heterocycles. The van der Waals surface area contributed by atoms with E-state index >= 15 is 0 Å². The van der Waals surface area contributed by atoms with E-state index in [4.69, 9.17) is 4.74 Å². The number of thiazole rings is 1. The second kappa shape index (κ2) is 7.53. The van der Waals surface area contributed by atoms with Crippen LogP contribution >= 0.6 is 11.3 Å². The predicted molar refractivity (Wildman–Crippen MR) is 93.3 cm³/mol. The average Bonchev–Trinajstić information content (AvgIpc) is 3.02. The average molecular weight is 373 g/mol. The van der Waals surface area contributed by atoms with Crippen molar-refractivity contribution in [3.8, 4) is 10.6 Å². The molecule has 0 N–H and O–H groups in total. The van der Waals surface area contributed by atoms with Crippen LogP contribution in [-0.2, 0) is 4.74 Å². The molecule has 0 fully saturated rings. The minimum Gasteiger partial charge on any atom is -0.453 e. The molecule has 0 aliphatic carbocycles. The minimum absolute atomic E-state index is 0.257. The SMILES string of the molecule is Cc1nc(-c2ccc(F)cc2)sc1C(=O)OCC(=O)c1ccc(F)cc1. The number of Topliss-reactive ketones (excluding diaryl/α,β-unsaturated/α-hetero) is 1. The number of halogens is 2. The molecule has 0 saturated carbocycles. The van der Waals surface area contributed by atoms with Gasteiger partial charge < -0.3 is 4.74 Å². The van der Waals surface area contributed by atoms with E-state index in [1.54, 1.807) is 19.1 Å². The quantitative estimate of drug-likeness (QED) is 0.490. The van der Waals surface area contributed by atoms with Crippen LogP contribution in [0, 0.1) is 18.6 Å². The number of aromatic nitrogens is 1. The Morgan fingerprint density at radius 1 is 1.00 bits per heavy atom. The van der Waals surface area contributed by atoms with Gasteiger partial charge >= 0.3 is 5.97 Å². The molecule has 0 amide bonds. The number of hydrogen-bond acceptors (Lipinski definition) is 5. The summed E-state index contributed by atoms with van der Waals surface area (Å²) < 4.78 is 30.9. The lowest BCUT2D eigenvalue weighted by atomic mass is 10.1. The standard InChI is InChI=1S/C19H13F2NO3S/c1-11-17(26-18(22-11)13-4-8-15(21)9-5-13)19(24)25-10-16(23)12-2-6-14(20)7-3-12/h2-9H,10H2,1H3. The molecule has 7 heteroatoms. The fourth-order valence-electron chi connectivity index (χ4n) is 2.22. The van der Waals surface area contributed by atoms with E-state index in [1.165, 1.54) is 24.3 Å². The first-order valence-corrected chi connectivity index (χ1v) is 8.45. The Morgan fingerprint density at radius 2 is 1.58 bits per heavy atom. The smallest absolute Gasteiger partial charge is 0.350 e. The van der Waals surface area contributed by atoms with Crippen LogP contribution in [0.4, 0.5) is 8.78 Å². The summed E-state index contributed by atoms with van der Waals surface area (Å²) in [6, 6.07) is 10.7. The number of ketones is 1. The van der Waals surface area contributed by atoms with Gasteiger partial charge in [-0.25, -0.2) is 18.6 Å². The molecule has 0 radical (unpaired) electrons. The van der Waals surface area contributed by atoms with Gasteiger partial charge in [0.15, 0.2) is 12.4 Å². The van der Waals surface area contributed by atoms with Crippen LogP contribution in [0.25, 0.3) is 10.6 Å². The molecule has 132 valence electrons. The van der Waals surface area contributed by atoms with Crippen LogP contribution in [0.1, 0.15) is 25.7 Å². The maximum atomic E-state index is 13.0. The summed E-state index contributed by atoms with van der Waals surface area (Å²) in [6.07, 6.45) is 0. The summed E-state index contributed by atoms with van der Waals surface area (Å²) in [4.78, 5) is 28.8. The third-order valence-corrected chi connectivity index (χ3v) is 4.76. The van der Waals surface area contributed by atoms with Crippen molar-refractivity contribution < 1.29 is 23.1 Å². The van der Waals surface area contributed by atoms with Crippen molar-refractivity contribution in [1.82, 2.24) is 4.98 Å². The van der Waals surface area contributed by atoms with Gasteiger partial charge in [0, 0.05) is 11.1 Å². The van der Waals surface area contributed by atoms with Gasteiger partial charge in [0.25, 0.3) is 0 Å². The van der Waals surface area contributed by atoms with Crippen molar-refractivity contribution in [3.63, 3.8) is 0 Å². The second-order valence-corrected chi connectivity index (χ2v) is 6.45. The Hall–Kier alpha value is -2.93. The molecule has 0 atom stereocenters. The van der Waals surface area contributed by atoms with Crippen molar-refractivity contribution in [3.05, 3.63) is 76.3 Å². The second-order valence-electron chi connectivity index (χ2n) is 5.45. The van der Waals surface area contributed by atoms with Crippen LogP contribution < -0.4 is 0 Å². The van der Waals surface area contributed by atoms with Crippen LogP contribution in [0.3, 0.4) is 0 Å². The van der Waals surface area contributed by atoms with Crippen LogP contribution in [-0.4, -0.2) is 23.3 Å². The molecule has 4 nitrogen and oxygen atoms in total. The Kier molecular flexibility index (Phi) is 5.18. The van der Waals surface area contributed by atoms with E-state index in [0.29, 0.717) is 16.3 Å². The molecule has 0 unspecified atom stereocenters. The van der Waals surface area contributed by atoms with E-state index in [1.807, 2.05) is 0 Å². The molecule has 0 bridgehead atoms. The number of nitrogens with zero attached hydrogens (tertiary/aromatic N) is 1. The molecule has 3 aromatic rings. The Bertz CT molecular complexity index is 950. The number of carbonyl (C=O) groups excluding carboxylic acids is 2. The maximum absolute atomic E-state index is 13.0. The van der Waals surface area contributed by atoms with E-state index < -0.39 is 24.2 Å². The molecule has 2 aromatic carbocycles. The lowest BCUT2D eigenvalue weighted by Gasteiger charge is -2.03. The zero-order valence-corrected chi connectivity index (χ0v) is 14.5. The van der Waals surface area contributed by atoms with Crippen molar-refractivity contribution in [2.24, 2.45) is 0 Å². The zero-order valence-electron chi connectivity index (χ0n) is 13.7.